The van der Waals surface area contributed by atoms with Crippen LogP contribution in [0.1, 0.15) is 26.7 Å². The Morgan fingerprint density at radius 3 is 2.60 bits per heavy atom. The minimum absolute atomic E-state index is 0.180. The van der Waals surface area contributed by atoms with Gasteiger partial charge in [-0.15, -0.1) is 0 Å². The SMILES string of the molecule is CC(C)N1CCC2(CC(N(C)C)CO2)C1. The first-order chi connectivity index (χ1) is 7.02. The highest BCUT2D eigenvalue weighted by Crippen LogP contribution is 2.36. The van der Waals surface area contributed by atoms with Crippen molar-refractivity contribution in [2.24, 2.45) is 0 Å². The number of nitrogens with zero attached hydrogens (tertiary/aromatic N) is 2. The molecule has 3 heteroatoms. The molecule has 0 saturated carbocycles. The van der Waals surface area contributed by atoms with E-state index < -0.39 is 0 Å². The van der Waals surface area contributed by atoms with E-state index in [9.17, 15) is 0 Å². The summed E-state index contributed by atoms with van der Waals surface area (Å²) in [6, 6.07) is 1.28. The predicted octanol–water partition coefficient (Wildman–Crippen LogP) is 1.19. The first-order valence-electron chi connectivity index (χ1n) is 6.07. The van der Waals surface area contributed by atoms with Gasteiger partial charge < -0.3 is 9.64 Å². The molecule has 0 bridgehead atoms. The summed E-state index contributed by atoms with van der Waals surface area (Å²) in [6.07, 6.45) is 2.43. The molecule has 15 heavy (non-hydrogen) atoms. The third-order valence-electron chi connectivity index (χ3n) is 4.00. The third-order valence-corrected chi connectivity index (χ3v) is 4.00. The maximum Gasteiger partial charge on any atom is 0.0837 e. The van der Waals surface area contributed by atoms with Crippen molar-refractivity contribution in [3.8, 4) is 0 Å². The van der Waals surface area contributed by atoms with E-state index in [1.54, 1.807) is 0 Å². The number of likely N-dealkylation sites (tertiary alicyclic amines) is 1. The van der Waals surface area contributed by atoms with Crippen LogP contribution in [0.15, 0.2) is 0 Å². The van der Waals surface area contributed by atoms with Crippen LogP contribution in [0, 0.1) is 0 Å². The molecule has 88 valence electrons. The highest BCUT2D eigenvalue weighted by Gasteiger charge is 2.46. The summed E-state index contributed by atoms with van der Waals surface area (Å²) in [5, 5.41) is 0. The fourth-order valence-corrected chi connectivity index (χ4v) is 2.75. The van der Waals surface area contributed by atoms with Crippen LogP contribution in [0.3, 0.4) is 0 Å². The zero-order chi connectivity index (χ0) is 11.1. The van der Waals surface area contributed by atoms with Crippen LogP contribution in [0.2, 0.25) is 0 Å². The van der Waals surface area contributed by atoms with Gasteiger partial charge in [0, 0.05) is 25.2 Å². The maximum absolute atomic E-state index is 6.07. The average Bonchev–Trinajstić information content (AvgIpc) is 2.74. The molecule has 0 amide bonds. The fourth-order valence-electron chi connectivity index (χ4n) is 2.75. The Balaban J connectivity index is 1.95. The van der Waals surface area contributed by atoms with Crippen molar-refractivity contribution in [1.29, 1.82) is 0 Å². The summed E-state index contributed by atoms with van der Waals surface area (Å²) in [7, 11) is 4.31. The number of rotatable bonds is 2. The smallest absolute Gasteiger partial charge is 0.0837 e. The molecule has 2 aliphatic heterocycles. The number of hydrogen-bond donors (Lipinski definition) is 0. The maximum atomic E-state index is 6.07. The van der Waals surface area contributed by atoms with E-state index in [-0.39, 0.29) is 5.60 Å². The van der Waals surface area contributed by atoms with Gasteiger partial charge in [-0.2, -0.15) is 0 Å². The molecule has 2 saturated heterocycles. The van der Waals surface area contributed by atoms with Gasteiger partial charge in [0.25, 0.3) is 0 Å². The number of hydrogen-bond acceptors (Lipinski definition) is 3. The van der Waals surface area contributed by atoms with Crippen molar-refractivity contribution < 1.29 is 4.74 Å². The van der Waals surface area contributed by atoms with E-state index in [2.05, 4.69) is 37.7 Å². The van der Waals surface area contributed by atoms with Crippen LogP contribution in [0.4, 0.5) is 0 Å². The summed E-state index contributed by atoms with van der Waals surface area (Å²) in [6.45, 7) is 7.81. The molecule has 0 aliphatic carbocycles. The van der Waals surface area contributed by atoms with Gasteiger partial charge >= 0.3 is 0 Å². The lowest BCUT2D eigenvalue weighted by Crippen LogP contribution is -2.37. The Morgan fingerprint density at radius 2 is 2.13 bits per heavy atom. The summed E-state index contributed by atoms with van der Waals surface area (Å²) in [5.41, 5.74) is 0.180. The van der Waals surface area contributed by atoms with Crippen molar-refractivity contribution in [3.05, 3.63) is 0 Å². The molecule has 0 radical (unpaired) electrons. The van der Waals surface area contributed by atoms with Crippen molar-refractivity contribution in [2.45, 2.75) is 44.4 Å². The zero-order valence-corrected chi connectivity index (χ0v) is 10.5. The van der Waals surface area contributed by atoms with Gasteiger partial charge in [0.15, 0.2) is 0 Å². The third kappa shape index (κ3) is 2.19. The van der Waals surface area contributed by atoms with Crippen LogP contribution in [-0.4, -0.2) is 61.3 Å². The molecular weight excluding hydrogens is 188 g/mol. The zero-order valence-electron chi connectivity index (χ0n) is 10.5. The van der Waals surface area contributed by atoms with E-state index >= 15 is 0 Å². The molecule has 0 aromatic heterocycles. The summed E-state index contributed by atoms with van der Waals surface area (Å²) in [4.78, 5) is 4.84. The molecule has 2 rings (SSSR count). The van der Waals surface area contributed by atoms with E-state index in [1.165, 1.54) is 19.4 Å². The number of ether oxygens (including phenoxy) is 1. The molecule has 2 aliphatic rings. The lowest BCUT2D eigenvalue weighted by atomic mass is 9.97. The van der Waals surface area contributed by atoms with Crippen molar-refractivity contribution >= 4 is 0 Å². The highest BCUT2D eigenvalue weighted by molar-refractivity contribution is 4.99. The molecule has 2 heterocycles. The lowest BCUT2D eigenvalue weighted by Gasteiger charge is -2.26. The second kappa shape index (κ2) is 4.04. The molecule has 2 atom stereocenters. The van der Waals surface area contributed by atoms with Crippen molar-refractivity contribution in [2.75, 3.05) is 33.8 Å². The largest absolute Gasteiger partial charge is 0.372 e. The Morgan fingerprint density at radius 1 is 1.40 bits per heavy atom. The Kier molecular flexibility index (Phi) is 3.06. The lowest BCUT2D eigenvalue weighted by molar-refractivity contribution is 0.00890. The molecule has 1 spiro atoms. The van der Waals surface area contributed by atoms with Crippen molar-refractivity contribution in [3.63, 3.8) is 0 Å². The van der Waals surface area contributed by atoms with Gasteiger partial charge in [0.1, 0.15) is 0 Å². The molecule has 0 aromatic rings. The highest BCUT2D eigenvalue weighted by atomic mass is 16.5. The van der Waals surface area contributed by atoms with Gasteiger partial charge in [-0.25, -0.2) is 0 Å². The minimum Gasteiger partial charge on any atom is -0.372 e. The summed E-state index contributed by atoms with van der Waals surface area (Å²) < 4.78 is 6.07. The first-order valence-corrected chi connectivity index (χ1v) is 6.07. The van der Waals surface area contributed by atoms with Crippen LogP contribution < -0.4 is 0 Å². The summed E-state index contributed by atoms with van der Waals surface area (Å²) >= 11 is 0. The van der Waals surface area contributed by atoms with Crippen molar-refractivity contribution in [1.82, 2.24) is 9.80 Å². The van der Waals surface area contributed by atoms with Gasteiger partial charge in [0.05, 0.1) is 12.2 Å². The van der Waals surface area contributed by atoms with Crippen LogP contribution >= 0.6 is 0 Å². The molecule has 0 aromatic carbocycles. The minimum atomic E-state index is 0.180. The molecule has 2 fully saturated rings. The monoisotopic (exact) mass is 212 g/mol. The quantitative estimate of drug-likeness (QED) is 0.684. The Labute approximate surface area is 93.4 Å². The van der Waals surface area contributed by atoms with E-state index in [4.69, 9.17) is 4.74 Å². The Hall–Kier alpha value is -0.120. The van der Waals surface area contributed by atoms with Gasteiger partial charge in [-0.3, -0.25) is 4.90 Å². The Bertz CT molecular complexity index is 204. The fraction of sp³-hybridized carbons (Fsp3) is 1.00. The normalized spacial score (nSPS) is 37.6. The first kappa shape index (κ1) is 11.4. The standard InChI is InChI=1S/C12H24N2O/c1-10(2)14-6-5-12(9-14)7-11(8-15-12)13(3)4/h10-11H,5-9H2,1-4H3. The van der Waals surface area contributed by atoms with Crippen LogP contribution in [0.5, 0.6) is 0 Å². The van der Waals surface area contributed by atoms with E-state index in [0.717, 1.165) is 13.2 Å². The molecule has 2 unspecified atom stereocenters. The number of likely N-dealkylation sites (N-methyl/N-ethyl adjacent to an activating group) is 1. The average molecular weight is 212 g/mol. The van der Waals surface area contributed by atoms with Crippen LogP contribution in [0.25, 0.3) is 0 Å². The molecule has 3 nitrogen and oxygen atoms in total. The van der Waals surface area contributed by atoms with Gasteiger partial charge in [-0.1, -0.05) is 0 Å². The predicted molar refractivity (Wildman–Crippen MR) is 62.1 cm³/mol. The van der Waals surface area contributed by atoms with Gasteiger partial charge in [-0.05, 0) is 40.8 Å². The van der Waals surface area contributed by atoms with Gasteiger partial charge in [0.2, 0.25) is 0 Å². The molecular formula is C12H24N2O. The second-order valence-electron chi connectivity index (χ2n) is 5.63. The molecule has 0 N–H and O–H groups in total. The van der Waals surface area contributed by atoms with Crippen LogP contribution in [-0.2, 0) is 4.74 Å². The topological polar surface area (TPSA) is 15.7 Å². The van der Waals surface area contributed by atoms with E-state index in [1.807, 2.05) is 0 Å². The van der Waals surface area contributed by atoms with E-state index in [0.29, 0.717) is 12.1 Å². The summed E-state index contributed by atoms with van der Waals surface area (Å²) in [5.74, 6) is 0. The second-order valence-corrected chi connectivity index (χ2v) is 5.63.